The van der Waals surface area contributed by atoms with Crippen LogP contribution in [-0.2, 0) is 13.5 Å². The van der Waals surface area contributed by atoms with Gasteiger partial charge in [0, 0.05) is 44.4 Å². The van der Waals surface area contributed by atoms with E-state index in [1.165, 1.54) is 0 Å². The van der Waals surface area contributed by atoms with E-state index in [4.69, 9.17) is 0 Å². The molecular formula is C19H23N5O. The second-order valence-corrected chi connectivity index (χ2v) is 6.29. The average Bonchev–Trinajstić information content (AvgIpc) is 3.14. The molecule has 0 atom stereocenters. The van der Waals surface area contributed by atoms with E-state index in [9.17, 15) is 4.79 Å². The molecule has 0 saturated carbocycles. The van der Waals surface area contributed by atoms with Gasteiger partial charge in [0.05, 0.1) is 6.20 Å². The number of nitrogens with zero attached hydrogens (tertiary/aromatic N) is 5. The van der Waals surface area contributed by atoms with Crippen molar-refractivity contribution in [2.24, 2.45) is 7.05 Å². The fourth-order valence-corrected chi connectivity index (χ4v) is 3.00. The highest BCUT2D eigenvalue weighted by molar-refractivity contribution is 5.97. The smallest absolute Gasteiger partial charge is 0.259 e. The standard InChI is InChI=1S/C19H23N5O/c1-14-5-6-15(2)24(14)18-17(13-21-23(18)4)19(25)22(3)12-9-16-7-10-20-11-8-16/h5-8,10-11,13H,9,12H2,1-4H3. The molecular weight excluding hydrogens is 314 g/mol. The fraction of sp³-hybridized carbons (Fsp3) is 0.316. The van der Waals surface area contributed by atoms with Gasteiger partial charge in [-0.2, -0.15) is 5.10 Å². The summed E-state index contributed by atoms with van der Waals surface area (Å²) in [5, 5.41) is 4.32. The molecule has 6 heteroatoms. The molecule has 3 rings (SSSR count). The van der Waals surface area contributed by atoms with Crippen molar-refractivity contribution in [2.45, 2.75) is 20.3 Å². The molecule has 25 heavy (non-hydrogen) atoms. The Morgan fingerprint density at radius 1 is 1.12 bits per heavy atom. The zero-order chi connectivity index (χ0) is 18.0. The molecule has 6 nitrogen and oxygen atoms in total. The molecule has 130 valence electrons. The van der Waals surface area contributed by atoms with Crippen molar-refractivity contribution in [1.82, 2.24) is 24.2 Å². The molecule has 0 unspecified atom stereocenters. The van der Waals surface area contributed by atoms with Crippen LogP contribution in [0.25, 0.3) is 5.82 Å². The average molecular weight is 337 g/mol. The lowest BCUT2D eigenvalue weighted by Crippen LogP contribution is -2.29. The molecule has 0 N–H and O–H groups in total. The van der Waals surface area contributed by atoms with Crippen molar-refractivity contribution in [3.05, 3.63) is 65.4 Å². The summed E-state index contributed by atoms with van der Waals surface area (Å²) in [5.74, 6) is 0.783. The number of aryl methyl sites for hydroxylation is 3. The SMILES string of the molecule is Cc1ccc(C)n1-c1c(C(=O)N(C)CCc2ccncc2)cnn1C. The maximum Gasteiger partial charge on any atom is 0.259 e. The zero-order valence-electron chi connectivity index (χ0n) is 15.1. The molecule has 1 amide bonds. The van der Waals surface area contributed by atoms with Crippen LogP contribution in [0, 0.1) is 13.8 Å². The van der Waals surface area contributed by atoms with Crippen molar-refractivity contribution in [3.8, 4) is 5.82 Å². The number of pyridine rings is 1. The number of amides is 1. The molecule has 3 heterocycles. The van der Waals surface area contributed by atoms with E-state index in [1.54, 1.807) is 28.2 Å². The van der Waals surface area contributed by atoms with Crippen LogP contribution >= 0.6 is 0 Å². The lowest BCUT2D eigenvalue weighted by molar-refractivity contribution is 0.0796. The van der Waals surface area contributed by atoms with E-state index in [0.717, 1.165) is 29.2 Å². The minimum absolute atomic E-state index is 0.0235. The molecule has 3 aromatic rings. The molecule has 0 aliphatic rings. The van der Waals surface area contributed by atoms with Gasteiger partial charge in [0.1, 0.15) is 11.4 Å². The van der Waals surface area contributed by atoms with Gasteiger partial charge in [-0.25, -0.2) is 0 Å². The molecule has 0 fully saturated rings. The Balaban J connectivity index is 1.83. The number of hydrogen-bond donors (Lipinski definition) is 0. The van der Waals surface area contributed by atoms with E-state index in [1.807, 2.05) is 52.2 Å². The highest BCUT2D eigenvalue weighted by Gasteiger charge is 2.22. The second kappa shape index (κ2) is 6.93. The third-order valence-electron chi connectivity index (χ3n) is 4.45. The van der Waals surface area contributed by atoms with Crippen molar-refractivity contribution in [3.63, 3.8) is 0 Å². The van der Waals surface area contributed by atoms with Crippen molar-refractivity contribution in [1.29, 1.82) is 0 Å². The first-order valence-electron chi connectivity index (χ1n) is 8.30. The van der Waals surface area contributed by atoms with Crippen molar-refractivity contribution >= 4 is 5.91 Å². The minimum atomic E-state index is -0.0235. The van der Waals surface area contributed by atoms with Gasteiger partial charge in [-0.3, -0.25) is 14.5 Å². The number of rotatable bonds is 5. The van der Waals surface area contributed by atoms with Crippen LogP contribution in [0.2, 0.25) is 0 Å². The van der Waals surface area contributed by atoms with E-state index in [2.05, 4.69) is 14.6 Å². The second-order valence-electron chi connectivity index (χ2n) is 6.29. The molecule has 0 aromatic carbocycles. The molecule has 3 aromatic heterocycles. The third-order valence-corrected chi connectivity index (χ3v) is 4.45. The Labute approximate surface area is 147 Å². The predicted molar refractivity (Wildman–Crippen MR) is 96.9 cm³/mol. The fourth-order valence-electron chi connectivity index (χ4n) is 3.00. The monoisotopic (exact) mass is 337 g/mol. The van der Waals surface area contributed by atoms with Crippen LogP contribution in [0.3, 0.4) is 0 Å². The van der Waals surface area contributed by atoms with E-state index < -0.39 is 0 Å². The minimum Gasteiger partial charge on any atom is -0.341 e. The van der Waals surface area contributed by atoms with Gasteiger partial charge in [0.2, 0.25) is 0 Å². The summed E-state index contributed by atoms with van der Waals surface area (Å²) in [4.78, 5) is 18.7. The van der Waals surface area contributed by atoms with Crippen LogP contribution < -0.4 is 0 Å². The van der Waals surface area contributed by atoms with Crippen LogP contribution in [0.5, 0.6) is 0 Å². The first-order chi connectivity index (χ1) is 12.0. The summed E-state index contributed by atoms with van der Waals surface area (Å²) >= 11 is 0. The van der Waals surface area contributed by atoms with Gasteiger partial charge < -0.3 is 9.47 Å². The largest absolute Gasteiger partial charge is 0.341 e. The Morgan fingerprint density at radius 3 is 2.40 bits per heavy atom. The number of carbonyl (C=O) groups is 1. The summed E-state index contributed by atoms with van der Waals surface area (Å²) in [6.45, 7) is 4.70. The lowest BCUT2D eigenvalue weighted by atomic mass is 10.2. The first kappa shape index (κ1) is 17.0. The van der Waals surface area contributed by atoms with Crippen molar-refractivity contribution < 1.29 is 4.79 Å². The highest BCUT2D eigenvalue weighted by Crippen LogP contribution is 2.21. The summed E-state index contributed by atoms with van der Waals surface area (Å²) in [6, 6.07) is 8.04. The summed E-state index contributed by atoms with van der Waals surface area (Å²) in [7, 11) is 3.69. The van der Waals surface area contributed by atoms with Crippen LogP contribution in [0.4, 0.5) is 0 Å². The number of likely N-dealkylation sites (N-methyl/N-ethyl adjacent to an activating group) is 1. The lowest BCUT2D eigenvalue weighted by Gasteiger charge is -2.18. The number of aromatic nitrogens is 4. The number of carbonyl (C=O) groups excluding carboxylic acids is 1. The quantitative estimate of drug-likeness (QED) is 0.719. The van der Waals surface area contributed by atoms with Crippen LogP contribution in [-0.4, -0.2) is 43.7 Å². The maximum absolute atomic E-state index is 13.0. The molecule has 0 bridgehead atoms. The molecule has 0 saturated heterocycles. The van der Waals surface area contributed by atoms with Gasteiger partial charge in [0.15, 0.2) is 0 Å². The van der Waals surface area contributed by atoms with Gasteiger partial charge in [-0.05, 0) is 50.1 Å². The first-order valence-corrected chi connectivity index (χ1v) is 8.30. The summed E-state index contributed by atoms with van der Waals surface area (Å²) in [6.07, 6.45) is 5.99. The Bertz CT molecular complexity index is 859. The normalized spacial score (nSPS) is 10.9. The molecule has 0 aliphatic carbocycles. The highest BCUT2D eigenvalue weighted by atomic mass is 16.2. The van der Waals surface area contributed by atoms with E-state index in [0.29, 0.717) is 12.1 Å². The molecule has 0 radical (unpaired) electrons. The zero-order valence-corrected chi connectivity index (χ0v) is 15.1. The van der Waals surface area contributed by atoms with Gasteiger partial charge >= 0.3 is 0 Å². The topological polar surface area (TPSA) is 56.0 Å². The number of hydrogen-bond acceptors (Lipinski definition) is 3. The van der Waals surface area contributed by atoms with Gasteiger partial charge in [-0.15, -0.1) is 0 Å². The summed E-state index contributed by atoms with van der Waals surface area (Å²) < 4.78 is 3.82. The Kier molecular flexibility index (Phi) is 4.70. The van der Waals surface area contributed by atoms with Gasteiger partial charge in [-0.1, -0.05) is 0 Å². The molecule has 0 spiro atoms. The van der Waals surface area contributed by atoms with E-state index in [-0.39, 0.29) is 5.91 Å². The Hall–Kier alpha value is -2.89. The Morgan fingerprint density at radius 2 is 1.76 bits per heavy atom. The molecule has 0 aliphatic heterocycles. The van der Waals surface area contributed by atoms with E-state index >= 15 is 0 Å². The third kappa shape index (κ3) is 3.33. The summed E-state index contributed by atoms with van der Waals surface area (Å²) in [5.41, 5.74) is 3.93. The predicted octanol–water partition coefficient (Wildman–Crippen LogP) is 2.54. The maximum atomic E-state index is 13.0. The van der Waals surface area contributed by atoms with Crippen LogP contribution in [0.15, 0.2) is 42.9 Å². The van der Waals surface area contributed by atoms with Gasteiger partial charge in [0.25, 0.3) is 5.91 Å². The van der Waals surface area contributed by atoms with Crippen molar-refractivity contribution in [2.75, 3.05) is 13.6 Å². The van der Waals surface area contributed by atoms with Crippen LogP contribution in [0.1, 0.15) is 27.3 Å².